The number of hydrogen-bond acceptors (Lipinski definition) is 8. The molecule has 0 radical (unpaired) electrons. The van der Waals surface area contributed by atoms with Gasteiger partial charge in [0.2, 0.25) is 0 Å². The van der Waals surface area contributed by atoms with E-state index >= 15 is 0 Å². The number of carbonyl (C=O) groups excluding carboxylic acids is 2. The first-order valence-electron chi connectivity index (χ1n) is 8.22. The van der Waals surface area contributed by atoms with Crippen LogP contribution in [-0.2, 0) is 25.7 Å². The van der Waals surface area contributed by atoms with Gasteiger partial charge in [-0.15, -0.1) is 5.10 Å². The van der Waals surface area contributed by atoms with Crippen LogP contribution in [0.4, 0.5) is 0 Å². The summed E-state index contributed by atoms with van der Waals surface area (Å²) >= 11 is 1.02. The summed E-state index contributed by atoms with van der Waals surface area (Å²) in [6.07, 6.45) is 3.59. The second-order valence-corrected chi connectivity index (χ2v) is 6.42. The van der Waals surface area contributed by atoms with Gasteiger partial charge in [-0.25, -0.2) is 4.79 Å². The predicted octanol–water partition coefficient (Wildman–Crippen LogP) is 2.23. The Balaban J connectivity index is 2.08. The van der Waals surface area contributed by atoms with E-state index in [2.05, 4.69) is 20.3 Å². The van der Waals surface area contributed by atoms with Gasteiger partial charge in [-0.3, -0.25) is 10.1 Å². The fraction of sp³-hybridized carbons (Fsp3) is 0.333. The lowest BCUT2D eigenvalue weighted by molar-refractivity contribution is -0.135. The third kappa shape index (κ3) is 6.22. The Morgan fingerprint density at radius 1 is 1.33 bits per heavy atom. The van der Waals surface area contributed by atoms with Gasteiger partial charge in [0.1, 0.15) is 5.75 Å². The lowest BCUT2D eigenvalue weighted by atomic mass is 10.1. The second kappa shape index (κ2) is 10.5. The number of rotatable bonds is 8. The maximum atomic E-state index is 11.7. The summed E-state index contributed by atoms with van der Waals surface area (Å²) in [7, 11) is 2.86. The van der Waals surface area contributed by atoms with E-state index in [9.17, 15) is 9.59 Å². The minimum absolute atomic E-state index is 0.204. The Kier molecular flexibility index (Phi) is 8.02. The highest BCUT2D eigenvalue weighted by Gasteiger charge is 2.24. The number of hydrogen-bond donors (Lipinski definition) is 1. The Bertz CT molecular complexity index is 789. The zero-order valence-corrected chi connectivity index (χ0v) is 16.2. The predicted molar refractivity (Wildman–Crippen MR) is 104 cm³/mol. The fourth-order valence-electron chi connectivity index (χ4n) is 2.09. The maximum Gasteiger partial charge on any atom is 0.331 e. The minimum Gasteiger partial charge on any atom is -0.493 e. The molecule has 8 nitrogen and oxygen atoms in total. The van der Waals surface area contributed by atoms with Crippen LogP contribution in [0, 0.1) is 0 Å². The highest BCUT2D eigenvalue weighted by Crippen LogP contribution is 2.24. The van der Waals surface area contributed by atoms with E-state index in [0.717, 1.165) is 41.1 Å². The molecule has 1 heterocycles. The summed E-state index contributed by atoms with van der Waals surface area (Å²) in [6, 6.07) is 5.62. The number of thioether (sulfide) groups is 1. The van der Waals surface area contributed by atoms with Crippen molar-refractivity contribution in [2.75, 3.05) is 20.8 Å². The van der Waals surface area contributed by atoms with Gasteiger partial charge in [-0.2, -0.15) is 5.10 Å². The molecule has 0 saturated carbocycles. The smallest absolute Gasteiger partial charge is 0.331 e. The van der Waals surface area contributed by atoms with Crippen LogP contribution in [-0.4, -0.2) is 44.1 Å². The number of methoxy groups -OCH3 is 2. The van der Waals surface area contributed by atoms with Crippen molar-refractivity contribution >= 4 is 35.0 Å². The molecule has 27 heavy (non-hydrogen) atoms. The first-order valence-corrected chi connectivity index (χ1v) is 9.03. The van der Waals surface area contributed by atoms with Crippen molar-refractivity contribution in [3.63, 3.8) is 0 Å². The average molecular weight is 391 g/mol. The van der Waals surface area contributed by atoms with E-state index < -0.39 is 11.9 Å². The van der Waals surface area contributed by atoms with E-state index in [0.29, 0.717) is 13.2 Å². The number of amides is 1. The second-order valence-electron chi connectivity index (χ2n) is 5.39. The van der Waals surface area contributed by atoms with Crippen LogP contribution in [0.1, 0.15) is 24.5 Å². The van der Waals surface area contributed by atoms with Crippen molar-refractivity contribution < 1.29 is 23.8 Å². The van der Waals surface area contributed by atoms with E-state index in [1.54, 1.807) is 13.3 Å². The van der Waals surface area contributed by atoms with Crippen LogP contribution in [0.25, 0.3) is 0 Å². The average Bonchev–Trinajstić information content (AvgIpc) is 3.00. The SMILES string of the molecule is CCCOc1ccc(C=N/N=C2/NC(=O)/C(=C\C(=O)OC)S2)cc1COC. The topological polar surface area (TPSA) is 98.6 Å². The molecule has 1 aromatic rings. The monoisotopic (exact) mass is 391 g/mol. The Hall–Kier alpha value is -2.65. The number of ether oxygens (including phenoxy) is 3. The highest BCUT2D eigenvalue weighted by atomic mass is 32.2. The molecule has 1 saturated heterocycles. The Morgan fingerprint density at radius 3 is 2.85 bits per heavy atom. The summed E-state index contributed by atoms with van der Waals surface area (Å²) in [5.74, 6) is -0.244. The fourth-order valence-corrected chi connectivity index (χ4v) is 2.83. The molecular formula is C18H21N3O5S. The van der Waals surface area contributed by atoms with Gasteiger partial charge >= 0.3 is 5.97 Å². The number of nitrogens with zero attached hydrogens (tertiary/aromatic N) is 2. The van der Waals surface area contributed by atoms with Crippen LogP contribution in [0.2, 0.25) is 0 Å². The van der Waals surface area contributed by atoms with Crippen molar-refractivity contribution in [1.29, 1.82) is 0 Å². The lowest BCUT2D eigenvalue weighted by Crippen LogP contribution is -2.19. The van der Waals surface area contributed by atoms with Crippen molar-refractivity contribution in [1.82, 2.24) is 5.32 Å². The van der Waals surface area contributed by atoms with Gasteiger partial charge in [-0.1, -0.05) is 6.92 Å². The normalized spacial score (nSPS) is 16.9. The van der Waals surface area contributed by atoms with Crippen molar-refractivity contribution in [3.8, 4) is 5.75 Å². The minimum atomic E-state index is -0.603. The first-order chi connectivity index (χ1) is 13.1. The number of esters is 1. The molecule has 1 aliphatic rings. The summed E-state index contributed by atoms with van der Waals surface area (Å²) in [5.41, 5.74) is 1.73. The van der Waals surface area contributed by atoms with Crippen LogP contribution < -0.4 is 10.1 Å². The molecule has 0 unspecified atom stereocenters. The van der Waals surface area contributed by atoms with Crippen LogP contribution in [0.5, 0.6) is 5.75 Å². The van der Waals surface area contributed by atoms with E-state index in [-0.39, 0.29) is 10.1 Å². The summed E-state index contributed by atoms with van der Waals surface area (Å²) in [5, 5.41) is 10.8. The summed E-state index contributed by atoms with van der Waals surface area (Å²) in [6.45, 7) is 3.10. The van der Waals surface area contributed by atoms with Crippen molar-refractivity contribution in [2.24, 2.45) is 10.2 Å². The van der Waals surface area contributed by atoms with Gasteiger partial charge < -0.3 is 14.2 Å². The molecule has 1 N–H and O–H groups in total. The Morgan fingerprint density at radius 2 is 2.15 bits per heavy atom. The number of nitrogens with one attached hydrogen (secondary N) is 1. The molecule has 0 aliphatic carbocycles. The molecule has 0 spiro atoms. The molecule has 144 valence electrons. The molecule has 0 aromatic heterocycles. The molecule has 0 atom stereocenters. The zero-order chi connectivity index (χ0) is 19.6. The number of amidine groups is 1. The first kappa shape index (κ1) is 20.7. The quantitative estimate of drug-likeness (QED) is 0.316. The van der Waals surface area contributed by atoms with Gasteiger partial charge in [-0.05, 0) is 41.9 Å². The third-order valence-corrected chi connectivity index (χ3v) is 4.20. The molecule has 1 aromatic carbocycles. The molecule has 1 aliphatic heterocycles. The number of benzene rings is 1. The summed E-state index contributed by atoms with van der Waals surface area (Å²) in [4.78, 5) is 23.2. The van der Waals surface area contributed by atoms with Crippen molar-refractivity contribution in [2.45, 2.75) is 20.0 Å². The van der Waals surface area contributed by atoms with Gasteiger partial charge in [0.25, 0.3) is 5.91 Å². The highest BCUT2D eigenvalue weighted by molar-refractivity contribution is 8.18. The van der Waals surface area contributed by atoms with E-state index in [1.165, 1.54) is 7.11 Å². The van der Waals surface area contributed by atoms with Gasteiger partial charge in [0, 0.05) is 18.7 Å². The van der Waals surface area contributed by atoms with E-state index in [4.69, 9.17) is 9.47 Å². The van der Waals surface area contributed by atoms with Crippen LogP contribution in [0.15, 0.2) is 39.4 Å². The standard InChI is InChI=1S/C18H21N3O5S/c1-4-7-26-14-6-5-12(8-13(14)11-24-2)10-19-21-18-20-17(23)15(27-18)9-16(22)25-3/h5-6,8-10H,4,7,11H2,1-3H3,(H,20,21,23)/b15-9+,19-10?. The lowest BCUT2D eigenvalue weighted by Gasteiger charge is -2.11. The van der Waals surface area contributed by atoms with Gasteiger partial charge in [0.05, 0.1) is 31.4 Å². The van der Waals surface area contributed by atoms with Crippen molar-refractivity contribution in [3.05, 3.63) is 40.3 Å². The maximum absolute atomic E-state index is 11.7. The van der Waals surface area contributed by atoms with E-state index in [1.807, 2.05) is 25.1 Å². The molecule has 1 fully saturated rings. The molecule has 0 bridgehead atoms. The summed E-state index contributed by atoms with van der Waals surface area (Å²) < 4.78 is 15.4. The Labute approximate surface area is 161 Å². The molecule has 1 amide bonds. The third-order valence-electron chi connectivity index (χ3n) is 3.30. The number of carbonyl (C=O) groups is 2. The van der Waals surface area contributed by atoms with Crippen LogP contribution >= 0.6 is 11.8 Å². The zero-order valence-electron chi connectivity index (χ0n) is 15.4. The molecule has 9 heteroatoms. The largest absolute Gasteiger partial charge is 0.493 e. The molecule has 2 rings (SSSR count). The van der Waals surface area contributed by atoms with Gasteiger partial charge in [0.15, 0.2) is 5.17 Å². The van der Waals surface area contributed by atoms with Crippen LogP contribution in [0.3, 0.4) is 0 Å². The molecular weight excluding hydrogens is 370 g/mol.